The lowest BCUT2D eigenvalue weighted by Gasteiger charge is -2.11. The monoisotopic (exact) mass is 428 g/mol. The second-order valence-corrected chi connectivity index (χ2v) is 7.66. The van der Waals surface area contributed by atoms with Crippen LogP contribution < -0.4 is 9.47 Å². The number of pyridine rings is 1. The Bertz CT molecular complexity index is 1420. The lowest BCUT2D eigenvalue weighted by Crippen LogP contribution is -2.05. The van der Waals surface area contributed by atoms with E-state index >= 15 is 0 Å². The van der Waals surface area contributed by atoms with E-state index in [4.69, 9.17) is 19.4 Å². The maximum absolute atomic E-state index is 5.45. The van der Waals surface area contributed by atoms with Crippen LogP contribution in [0.25, 0.3) is 28.2 Å². The standard InChI is InChI=1S/C24H24N6O2/c1-15-16(2)29(12-10-17-8-9-19(31-3)20(13-17)32-4)23-21(15)24-27-22(28-30(24)14-26-23)18-7-5-6-11-25-18/h5-9,11,13-14H,10,12H2,1-4H3. The van der Waals surface area contributed by atoms with E-state index in [1.165, 1.54) is 11.3 Å². The largest absolute Gasteiger partial charge is 0.493 e. The minimum absolute atomic E-state index is 0.593. The maximum atomic E-state index is 5.45. The third-order valence-electron chi connectivity index (χ3n) is 5.91. The van der Waals surface area contributed by atoms with Gasteiger partial charge in [0.2, 0.25) is 5.82 Å². The summed E-state index contributed by atoms with van der Waals surface area (Å²) in [6.45, 7) is 5.02. The minimum atomic E-state index is 0.593. The van der Waals surface area contributed by atoms with Crippen LogP contribution in [-0.4, -0.2) is 43.4 Å². The Balaban J connectivity index is 1.54. The quantitative estimate of drug-likeness (QED) is 0.406. The summed E-state index contributed by atoms with van der Waals surface area (Å²) in [6.07, 6.45) is 4.31. The molecule has 162 valence electrons. The molecule has 0 unspecified atom stereocenters. The summed E-state index contributed by atoms with van der Waals surface area (Å²) < 4.78 is 14.8. The molecule has 0 saturated carbocycles. The third kappa shape index (κ3) is 3.24. The summed E-state index contributed by atoms with van der Waals surface area (Å²) in [6, 6.07) is 11.8. The van der Waals surface area contributed by atoms with E-state index in [0.717, 1.165) is 52.4 Å². The molecule has 0 atom stereocenters. The molecule has 0 aliphatic heterocycles. The van der Waals surface area contributed by atoms with Crippen molar-refractivity contribution < 1.29 is 9.47 Å². The van der Waals surface area contributed by atoms with Crippen LogP contribution in [0.2, 0.25) is 0 Å². The number of hydrogen-bond acceptors (Lipinski definition) is 6. The van der Waals surface area contributed by atoms with Crippen LogP contribution in [0, 0.1) is 13.8 Å². The second kappa shape index (κ2) is 7.96. The van der Waals surface area contributed by atoms with E-state index in [-0.39, 0.29) is 0 Å². The molecule has 0 amide bonds. The van der Waals surface area contributed by atoms with Crippen molar-refractivity contribution in [2.24, 2.45) is 0 Å². The summed E-state index contributed by atoms with van der Waals surface area (Å²) in [5, 5.41) is 5.61. The number of fused-ring (bicyclic) bond motifs is 3. The molecule has 4 heterocycles. The van der Waals surface area contributed by atoms with Gasteiger partial charge in [-0.3, -0.25) is 4.98 Å². The average molecular weight is 428 g/mol. The summed E-state index contributed by atoms with van der Waals surface area (Å²) in [7, 11) is 3.30. The molecule has 0 aliphatic rings. The van der Waals surface area contributed by atoms with Gasteiger partial charge in [0.1, 0.15) is 17.7 Å². The Morgan fingerprint density at radius 2 is 1.78 bits per heavy atom. The first-order valence-corrected chi connectivity index (χ1v) is 10.4. The number of nitrogens with zero attached hydrogens (tertiary/aromatic N) is 6. The first-order chi connectivity index (χ1) is 15.6. The molecular formula is C24H24N6O2. The Morgan fingerprint density at radius 3 is 2.53 bits per heavy atom. The molecular weight excluding hydrogens is 404 g/mol. The Kier molecular flexibility index (Phi) is 4.97. The zero-order valence-electron chi connectivity index (χ0n) is 18.5. The minimum Gasteiger partial charge on any atom is -0.493 e. The Hall–Kier alpha value is -3.94. The van der Waals surface area contributed by atoms with Crippen LogP contribution in [0.5, 0.6) is 11.5 Å². The number of benzene rings is 1. The fourth-order valence-corrected chi connectivity index (χ4v) is 4.08. The number of rotatable bonds is 6. The van der Waals surface area contributed by atoms with Crippen molar-refractivity contribution in [3.05, 3.63) is 65.7 Å². The fraction of sp³-hybridized carbons (Fsp3) is 0.250. The van der Waals surface area contributed by atoms with Gasteiger partial charge in [-0.05, 0) is 55.7 Å². The van der Waals surface area contributed by atoms with Gasteiger partial charge in [0, 0.05) is 18.4 Å². The van der Waals surface area contributed by atoms with Crippen molar-refractivity contribution in [1.82, 2.24) is 29.1 Å². The number of ether oxygens (including phenoxy) is 2. The highest BCUT2D eigenvalue weighted by Gasteiger charge is 2.18. The molecule has 0 spiro atoms. The molecule has 32 heavy (non-hydrogen) atoms. The lowest BCUT2D eigenvalue weighted by molar-refractivity contribution is 0.354. The number of aryl methyl sites for hydroxylation is 3. The number of aromatic nitrogens is 6. The lowest BCUT2D eigenvalue weighted by atomic mass is 10.1. The Labute approximate surface area is 185 Å². The van der Waals surface area contributed by atoms with E-state index in [9.17, 15) is 0 Å². The van der Waals surface area contributed by atoms with Crippen LogP contribution in [0.4, 0.5) is 0 Å². The maximum Gasteiger partial charge on any atom is 0.200 e. The summed E-state index contributed by atoms with van der Waals surface area (Å²) >= 11 is 0. The van der Waals surface area contributed by atoms with E-state index in [1.807, 2.05) is 30.3 Å². The normalized spacial score (nSPS) is 11.4. The summed E-state index contributed by atoms with van der Waals surface area (Å²) in [5.41, 5.74) is 5.94. The smallest absolute Gasteiger partial charge is 0.200 e. The van der Waals surface area contributed by atoms with Gasteiger partial charge in [0.25, 0.3) is 0 Å². The Morgan fingerprint density at radius 1 is 0.938 bits per heavy atom. The molecule has 0 N–H and O–H groups in total. The van der Waals surface area contributed by atoms with Crippen molar-refractivity contribution in [2.75, 3.05) is 14.2 Å². The predicted octanol–water partition coefficient (Wildman–Crippen LogP) is 4.02. The van der Waals surface area contributed by atoms with E-state index in [0.29, 0.717) is 5.82 Å². The van der Waals surface area contributed by atoms with Crippen LogP contribution in [-0.2, 0) is 13.0 Å². The molecule has 0 bridgehead atoms. The fourth-order valence-electron chi connectivity index (χ4n) is 4.08. The van der Waals surface area contributed by atoms with Gasteiger partial charge in [0.15, 0.2) is 17.1 Å². The molecule has 5 aromatic rings. The zero-order chi connectivity index (χ0) is 22.2. The van der Waals surface area contributed by atoms with Crippen LogP contribution in [0.3, 0.4) is 0 Å². The van der Waals surface area contributed by atoms with Gasteiger partial charge in [-0.2, -0.15) is 0 Å². The van der Waals surface area contributed by atoms with Gasteiger partial charge in [-0.1, -0.05) is 12.1 Å². The molecule has 0 radical (unpaired) electrons. The first-order valence-electron chi connectivity index (χ1n) is 10.4. The average Bonchev–Trinajstić information content (AvgIpc) is 3.37. The first kappa shape index (κ1) is 20.0. The van der Waals surface area contributed by atoms with Crippen molar-refractivity contribution >= 4 is 16.7 Å². The number of methoxy groups -OCH3 is 2. The van der Waals surface area contributed by atoms with Crippen LogP contribution in [0.1, 0.15) is 16.8 Å². The van der Waals surface area contributed by atoms with Crippen LogP contribution in [0.15, 0.2) is 48.9 Å². The van der Waals surface area contributed by atoms with Gasteiger partial charge < -0.3 is 14.0 Å². The van der Waals surface area contributed by atoms with Crippen molar-refractivity contribution in [2.45, 2.75) is 26.8 Å². The second-order valence-electron chi connectivity index (χ2n) is 7.66. The molecule has 1 aromatic carbocycles. The van der Waals surface area contributed by atoms with E-state index in [2.05, 4.69) is 34.6 Å². The van der Waals surface area contributed by atoms with Crippen molar-refractivity contribution in [3.63, 3.8) is 0 Å². The highest BCUT2D eigenvalue weighted by atomic mass is 16.5. The van der Waals surface area contributed by atoms with Crippen molar-refractivity contribution in [1.29, 1.82) is 0 Å². The van der Waals surface area contributed by atoms with Crippen molar-refractivity contribution in [3.8, 4) is 23.0 Å². The molecule has 4 aromatic heterocycles. The zero-order valence-corrected chi connectivity index (χ0v) is 18.5. The molecule has 0 fully saturated rings. The van der Waals surface area contributed by atoms with Gasteiger partial charge in [0.05, 0.1) is 19.6 Å². The molecule has 8 nitrogen and oxygen atoms in total. The van der Waals surface area contributed by atoms with E-state index < -0.39 is 0 Å². The highest BCUT2D eigenvalue weighted by molar-refractivity contribution is 5.94. The van der Waals surface area contributed by atoms with Gasteiger partial charge >= 0.3 is 0 Å². The number of hydrogen-bond donors (Lipinski definition) is 0. The predicted molar refractivity (Wildman–Crippen MR) is 122 cm³/mol. The highest BCUT2D eigenvalue weighted by Crippen LogP contribution is 2.30. The van der Waals surface area contributed by atoms with Gasteiger partial charge in [-0.25, -0.2) is 14.5 Å². The third-order valence-corrected chi connectivity index (χ3v) is 5.91. The topological polar surface area (TPSA) is 79.4 Å². The molecule has 8 heteroatoms. The molecule has 5 rings (SSSR count). The van der Waals surface area contributed by atoms with E-state index in [1.54, 1.807) is 31.3 Å². The summed E-state index contributed by atoms with van der Waals surface area (Å²) in [4.78, 5) is 13.9. The molecule has 0 aliphatic carbocycles. The van der Waals surface area contributed by atoms with Crippen LogP contribution >= 0.6 is 0 Å². The molecule has 0 saturated heterocycles. The SMILES string of the molecule is COc1ccc(CCn2c(C)c(C)c3c2ncn2nc(-c4ccccn4)nc32)cc1OC. The van der Waals surface area contributed by atoms with Gasteiger partial charge in [-0.15, -0.1) is 5.10 Å². The summed E-state index contributed by atoms with van der Waals surface area (Å²) in [5.74, 6) is 2.06.